The third-order valence-electron chi connectivity index (χ3n) is 5.21. The molecule has 2 N–H and O–H groups in total. The predicted molar refractivity (Wildman–Crippen MR) is 111 cm³/mol. The molecule has 5 rings (SSSR count). The number of aliphatic carboxylic acids is 1. The topological polar surface area (TPSA) is 119 Å². The lowest BCUT2D eigenvalue weighted by Crippen LogP contribution is -2.26. The molecule has 0 atom stereocenters. The van der Waals surface area contributed by atoms with Gasteiger partial charge < -0.3 is 14.8 Å². The van der Waals surface area contributed by atoms with E-state index in [-0.39, 0.29) is 0 Å². The molecule has 3 heterocycles. The van der Waals surface area contributed by atoms with Gasteiger partial charge in [-0.3, -0.25) is 0 Å². The number of tetrazole rings is 1. The van der Waals surface area contributed by atoms with E-state index in [1.807, 2.05) is 24.3 Å². The standard InChI is InChI=1S/C19H17FN6O.C2HF3O2/c20-15-9-13(1-3-17(15)26-11-22-24-25-26)14-2-4-18-16(10-14)23-19(27-18)12-5-7-21-8-6-12;3-2(4,5)1(6)7/h1-4,9-12,21H,5-8H2;(H,6,7). The number of piperidine rings is 1. The molecule has 4 aromatic rings. The monoisotopic (exact) mass is 478 g/mol. The van der Waals surface area contributed by atoms with Crippen LogP contribution in [-0.4, -0.2) is 55.5 Å². The lowest BCUT2D eigenvalue weighted by molar-refractivity contribution is -0.192. The first kappa shape index (κ1) is 23.3. The minimum absolute atomic E-state index is 0.305. The second kappa shape index (κ2) is 9.55. The molecule has 0 amide bonds. The van der Waals surface area contributed by atoms with Gasteiger partial charge in [0.25, 0.3) is 0 Å². The molecule has 1 aliphatic heterocycles. The van der Waals surface area contributed by atoms with Crippen LogP contribution in [0, 0.1) is 5.82 Å². The highest BCUT2D eigenvalue weighted by molar-refractivity contribution is 5.80. The Bertz CT molecular complexity index is 1280. The van der Waals surface area contributed by atoms with Gasteiger partial charge in [0.15, 0.2) is 11.5 Å². The first-order chi connectivity index (χ1) is 16.2. The van der Waals surface area contributed by atoms with Gasteiger partial charge in [0, 0.05) is 5.92 Å². The van der Waals surface area contributed by atoms with E-state index in [1.54, 1.807) is 6.07 Å². The first-order valence-electron chi connectivity index (χ1n) is 10.2. The first-order valence-corrected chi connectivity index (χ1v) is 10.2. The predicted octanol–water partition coefficient (Wildman–Crippen LogP) is 3.71. The van der Waals surface area contributed by atoms with Crippen LogP contribution in [0.25, 0.3) is 27.9 Å². The van der Waals surface area contributed by atoms with Crippen molar-refractivity contribution in [2.24, 2.45) is 0 Å². The van der Waals surface area contributed by atoms with Crippen LogP contribution in [-0.2, 0) is 4.79 Å². The Kier molecular flexibility index (Phi) is 6.54. The van der Waals surface area contributed by atoms with Crippen LogP contribution in [0.5, 0.6) is 0 Å². The van der Waals surface area contributed by atoms with Crippen LogP contribution in [0.1, 0.15) is 24.7 Å². The second-order valence-electron chi connectivity index (χ2n) is 7.48. The van der Waals surface area contributed by atoms with E-state index in [1.165, 1.54) is 17.1 Å². The number of aromatic nitrogens is 5. The molecule has 9 nitrogen and oxygen atoms in total. The Morgan fingerprint density at radius 2 is 1.79 bits per heavy atom. The Labute approximate surface area is 189 Å². The molecule has 2 aromatic heterocycles. The van der Waals surface area contributed by atoms with E-state index >= 15 is 0 Å². The zero-order valence-corrected chi connectivity index (χ0v) is 17.5. The van der Waals surface area contributed by atoms with Crippen LogP contribution in [0.3, 0.4) is 0 Å². The number of nitrogens with one attached hydrogen (secondary N) is 1. The maximum absolute atomic E-state index is 14.5. The number of fused-ring (bicyclic) bond motifs is 1. The van der Waals surface area contributed by atoms with Crippen molar-refractivity contribution >= 4 is 17.1 Å². The summed E-state index contributed by atoms with van der Waals surface area (Å²) in [7, 11) is 0. The number of hydrogen-bond donors (Lipinski definition) is 2. The fourth-order valence-corrected chi connectivity index (χ4v) is 3.51. The Balaban J connectivity index is 0.000000344. The lowest BCUT2D eigenvalue weighted by Gasteiger charge is -2.19. The molecule has 0 spiro atoms. The maximum atomic E-state index is 14.5. The molecule has 1 saturated heterocycles. The largest absolute Gasteiger partial charge is 0.490 e. The molecular weight excluding hydrogens is 460 g/mol. The summed E-state index contributed by atoms with van der Waals surface area (Å²) >= 11 is 0. The minimum atomic E-state index is -5.08. The van der Waals surface area contributed by atoms with Gasteiger partial charge in [-0.25, -0.2) is 14.2 Å². The Morgan fingerprint density at radius 1 is 1.12 bits per heavy atom. The van der Waals surface area contributed by atoms with Gasteiger partial charge in [-0.1, -0.05) is 12.1 Å². The van der Waals surface area contributed by atoms with Crippen LogP contribution >= 0.6 is 0 Å². The van der Waals surface area contributed by atoms with Gasteiger partial charge in [0.2, 0.25) is 0 Å². The van der Waals surface area contributed by atoms with Crippen molar-refractivity contribution in [3.63, 3.8) is 0 Å². The van der Waals surface area contributed by atoms with E-state index in [0.717, 1.165) is 54.0 Å². The number of carbonyl (C=O) groups is 1. The summed E-state index contributed by atoms with van der Waals surface area (Å²) in [5.41, 5.74) is 3.51. The van der Waals surface area contributed by atoms with Crippen molar-refractivity contribution in [3.8, 4) is 16.8 Å². The fraction of sp³-hybridized carbons (Fsp3) is 0.286. The van der Waals surface area contributed by atoms with Gasteiger partial charge in [-0.05, 0) is 71.8 Å². The molecule has 0 bridgehead atoms. The fourth-order valence-electron chi connectivity index (χ4n) is 3.51. The number of rotatable bonds is 3. The molecular formula is C21H18F4N6O3. The summed E-state index contributed by atoms with van der Waals surface area (Å²) in [4.78, 5) is 13.6. The van der Waals surface area contributed by atoms with Crippen molar-refractivity contribution in [3.05, 3.63) is 54.4 Å². The molecule has 1 fully saturated rings. The molecule has 0 saturated carbocycles. The highest BCUT2D eigenvalue weighted by Crippen LogP contribution is 2.31. The van der Waals surface area contributed by atoms with E-state index in [2.05, 4.69) is 25.8 Å². The third kappa shape index (κ3) is 5.20. The number of carboxylic acid groups (broad SMARTS) is 1. The van der Waals surface area contributed by atoms with Gasteiger partial charge in [0.1, 0.15) is 23.3 Å². The number of alkyl halides is 3. The molecule has 178 valence electrons. The normalized spacial score (nSPS) is 14.6. The highest BCUT2D eigenvalue weighted by atomic mass is 19.4. The molecule has 34 heavy (non-hydrogen) atoms. The number of hydrogen-bond acceptors (Lipinski definition) is 7. The summed E-state index contributed by atoms with van der Waals surface area (Å²) in [6.07, 6.45) is -1.66. The van der Waals surface area contributed by atoms with Crippen LogP contribution in [0.15, 0.2) is 47.1 Å². The summed E-state index contributed by atoms with van der Waals surface area (Å²) in [6.45, 7) is 1.98. The molecule has 0 radical (unpaired) electrons. The van der Waals surface area contributed by atoms with E-state index in [4.69, 9.17) is 14.3 Å². The number of nitrogens with zero attached hydrogens (tertiary/aromatic N) is 5. The number of benzene rings is 2. The smallest absolute Gasteiger partial charge is 0.475 e. The van der Waals surface area contributed by atoms with Crippen molar-refractivity contribution in [2.45, 2.75) is 24.9 Å². The van der Waals surface area contributed by atoms with Gasteiger partial charge in [-0.15, -0.1) is 5.10 Å². The quantitative estimate of drug-likeness (QED) is 0.428. The SMILES string of the molecule is Fc1cc(-c2ccc3oc(C4CCNCC4)nc3c2)ccc1-n1cnnn1.O=C(O)C(F)(F)F. The third-order valence-corrected chi connectivity index (χ3v) is 5.21. The van der Waals surface area contributed by atoms with Crippen LogP contribution in [0.2, 0.25) is 0 Å². The highest BCUT2D eigenvalue weighted by Gasteiger charge is 2.38. The zero-order valence-electron chi connectivity index (χ0n) is 17.5. The minimum Gasteiger partial charge on any atom is -0.475 e. The zero-order chi connectivity index (χ0) is 24.3. The van der Waals surface area contributed by atoms with E-state index in [0.29, 0.717) is 11.6 Å². The molecule has 13 heteroatoms. The van der Waals surface area contributed by atoms with E-state index in [9.17, 15) is 17.6 Å². The van der Waals surface area contributed by atoms with E-state index < -0.39 is 18.0 Å². The Morgan fingerprint density at radius 3 is 2.41 bits per heavy atom. The van der Waals surface area contributed by atoms with Crippen LogP contribution in [0.4, 0.5) is 17.6 Å². The average molecular weight is 478 g/mol. The van der Waals surface area contributed by atoms with Gasteiger partial charge in [-0.2, -0.15) is 17.9 Å². The van der Waals surface area contributed by atoms with Crippen molar-refractivity contribution < 1.29 is 31.9 Å². The van der Waals surface area contributed by atoms with Crippen molar-refractivity contribution in [1.29, 1.82) is 0 Å². The van der Waals surface area contributed by atoms with Crippen molar-refractivity contribution in [1.82, 2.24) is 30.5 Å². The van der Waals surface area contributed by atoms with Gasteiger partial charge >= 0.3 is 12.1 Å². The lowest BCUT2D eigenvalue weighted by atomic mass is 9.98. The molecule has 2 aromatic carbocycles. The summed E-state index contributed by atoms with van der Waals surface area (Å²) in [5.74, 6) is -2.00. The average Bonchev–Trinajstić information content (AvgIpc) is 3.49. The summed E-state index contributed by atoms with van der Waals surface area (Å²) in [6, 6.07) is 10.7. The van der Waals surface area contributed by atoms with Crippen LogP contribution < -0.4 is 5.32 Å². The van der Waals surface area contributed by atoms with Crippen molar-refractivity contribution in [2.75, 3.05) is 13.1 Å². The summed E-state index contributed by atoms with van der Waals surface area (Å²) in [5, 5.41) is 21.3. The molecule has 1 aliphatic rings. The molecule has 0 aliphatic carbocycles. The summed E-state index contributed by atoms with van der Waals surface area (Å²) < 4.78 is 53.5. The number of halogens is 4. The number of oxazole rings is 1. The second-order valence-corrected chi connectivity index (χ2v) is 7.48. The maximum Gasteiger partial charge on any atom is 0.490 e. The Hall–Kier alpha value is -3.87. The molecule has 0 unspecified atom stereocenters. The number of carboxylic acids is 1. The van der Waals surface area contributed by atoms with Gasteiger partial charge in [0.05, 0.1) is 0 Å².